The maximum atomic E-state index is 12.6. The molecule has 0 aliphatic carbocycles. The summed E-state index contributed by atoms with van der Waals surface area (Å²) in [5.74, 6) is 2.38. The summed E-state index contributed by atoms with van der Waals surface area (Å²) in [4.78, 5) is 19.0. The average Bonchev–Trinajstić information content (AvgIpc) is 3.38. The van der Waals surface area contributed by atoms with Gasteiger partial charge in [-0.2, -0.15) is 4.98 Å². The lowest BCUT2D eigenvalue weighted by molar-refractivity contribution is -0.128. The lowest BCUT2D eigenvalue weighted by atomic mass is 10.1. The first-order valence-corrected chi connectivity index (χ1v) is 11.1. The number of nitrogens with zero attached hydrogens (tertiary/aromatic N) is 3. The van der Waals surface area contributed by atoms with E-state index in [0.29, 0.717) is 55.9 Å². The second-order valence-electron chi connectivity index (χ2n) is 7.29. The van der Waals surface area contributed by atoms with Gasteiger partial charge in [0.05, 0.1) is 19.1 Å². The Morgan fingerprint density at radius 1 is 1.13 bits per heavy atom. The fraction of sp³-hybridized carbons (Fsp3) is 0.348. The van der Waals surface area contributed by atoms with Crippen molar-refractivity contribution in [2.45, 2.75) is 32.7 Å². The Labute approximate surface area is 189 Å². The Morgan fingerprint density at radius 2 is 1.94 bits per heavy atom. The monoisotopic (exact) mass is 485 g/mol. The van der Waals surface area contributed by atoms with Crippen molar-refractivity contribution in [3.63, 3.8) is 0 Å². The number of carbonyl (C=O) groups is 1. The summed E-state index contributed by atoms with van der Waals surface area (Å²) in [6, 6.07) is 13.5. The van der Waals surface area contributed by atoms with E-state index in [4.69, 9.17) is 14.0 Å². The molecule has 2 heterocycles. The van der Waals surface area contributed by atoms with Crippen LogP contribution in [0.2, 0.25) is 0 Å². The highest BCUT2D eigenvalue weighted by molar-refractivity contribution is 9.10. The van der Waals surface area contributed by atoms with Crippen LogP contribution in [0.15, 0.2) is 51.5 Å². The normalized spacial score (nSPS) is 16.0. The molecule has 1 amide bonds. The molecule has 162 valence electrons. The van der Waals surface area contributed by atoms with Crippen molar-refractivity contribution in [2.75, 3.05) is 19.8 Å². The first-order valence-electron chi connectivity index (χ1n) is 10.3. The smallest absolute Gasteiger partial charge is 0.232 e. The van der Waals surface area contributed by atoms with E-state index in [9.17, 15) is 4.79 Å². The quantitative estimate of drug-likeness (QED) is 0.455. The maximum absolute atomic E-state index is 12.6. The number of hydrogen-bond acceptors (Lipinski definition) is 6. The van der Waals surface area contributed by atoms with Crippen LogP contribution < -0.4 is 9.47 Å². The molecule has 3 aromatic rings. The van der Waals surface area contributed by atoms with Crippen molar-refractivity contribution in [2.24, 2.45) is 0 Å². The summed E-state index contributed by atoms with van der Waals surface area (Å²) < 4.78 is 17.8. The molecule has 1 fully saturated rings. The van der Waals surface area contributed by atoms with Crippen molar-refractivity contribution in [1.29, 1.82) is 0 Å². The molecule has 1 unspecified atom stereocenters. The van der Waals surface area contributed by atoms with Gasteiger partial charge < -0.3 is 18.9 Å². The van der Waals surface area contributed by atoms with Gasteiger partial charge in [0.1, 0.15) is 0 Å². The summed E-state index contributed by atoms with van der Waals surface area (Å²) >= 11 is 3.45. The van der Waals surface area contributed by atoms with Gasteiger partial charge in [-0.15, -0.1) is 0 Å². The minimum atomic E-state index is -0.116. The van der Waals surface area contributed by atoms with E-state index in [1.54, 1.807) is 0 Å². The Hall–Kier alpha value is -2.87. The highest BCUT2D eigenvalue weighted by Crippen LogP contribution is 2.32. The molecule has 8 heteroatoms. The van der Waals surface area contributed by atoms with Crippen LogP contribution in [0.1, 0.15) is 37.6 Å². The summed E-state index contributed by atoms with van der Waals surface area (Å²) in [7, 11) is 0. The van der Waals surface area contributed by atoms with Gasteiger partial charge >= 0.3 is 0 Å². The molecule has 2 aromatic carbocycles. The summed E-state index contributed by atoms with van der Waals surface area (Å²) in [6.45, 7) is 6.02. The Morgan fingerprint density at radius 3 is 2.71 bits per heavy atom. The molecule has 1 aliphatic heterocycles. The molecule has 1 atom stereocenters. The molecule has 0 saturated carbocycles. The first-order chi connectivity index (χ1) is 15.1. The largest absolute Gasteiger partial charge is 0.490 e. The number of halogens is 1. The van der Waals surface area contributed by atoms with E-state index in [2.05, 4.69) is 26.1 Å². The molecule has 0 radical (unpaired) electrons. The Bertz CT molecular complexity index is 1070. The van der Waals surface area contributed by atoms with Gasteiger partial charge in [-0.1, -0.05) is 39.3 Å². The van der Waals surface area contributed by atoms with Gasteiger partial charge in [-0.05, 0) is 43.7 Å². The average molecular weight is 486 g/mol. The zero-order valence-electron chi connectivity index (χ0n) is 17.5. The number of amides is 1. The fourth-order valence-corrected chi connectivity index (χ4v) is 4.05. The second-order valence-corrected chi connectivity index (χ2v) is 8.20. The molecule has 1 saturated heterocycles. The number of likely N-dealkylation sites (tertiary alicyclic amines) is 1. The molecule has 4 rings (SSSR count). The highest BCUT2D eigenvalue weighted by Gasteiger charge is 2.34. The van der Waals surface area contributed by atoms with Crippen LogP contribution in [0.25, 0.3) is 11.4 Å². The number of hydrogen-bond donors (Lipinski definition) is 0. The predicted molar refractivity (Wildman–Crippen MR) is 119 cm³/mol. The molecule has 1 aliphatic rings. The van der Waals surface area contributed by atoms with Gasteiger partial charge in [0.25, 0.3) is 0 Å². The molecule has 0 spiro atoms. The third-order valence-corrected chi connectivity index (χ3v) is 5.56. The number of rotatable bonds is 8. The molecule has 0 bridgehead atoms. The van der Waals surface area contributed by atoms with Crippen LogP contribution in [-0.4, -0.2) is 40.7 Å². The topological polar surface area (TPSA) is 77.7 Å². The van der Waals surface area contributed by atoms with E-state index in [0.717, 1.165) is 15.6 Å². The summed E-state index contributed by atoms with van der Waals surface area (Å²) in [5.41, 5.74) is 1.85. The molecular weight excluding hydrogens is 462 g/mol. The van der Waals surface area contributed by atoms with E-state index >= 15 is 0 Å². The third-order valence-electron chi connectivity index (χ3n) is 5.07. The standard InChI is InChI=1S/C23H24BrN3O4/c1-3-29-19-9-8-15(10-20(19)30-4-2)13-27-14-17(12-21(27)28)23-25-22(26-31-23)16-6-5-7-18(24)11-16/h5-11,17H,3-4,12-14H2,1-2H3. The number of carbonyl (C=O) groups excluding carboxylic acids is 1. The first kappa shape index (κ1) is 21.4. The van der Waals surface area contributed by atoms with Crippen molar-refractivity contribution in [3.05, 3.63) is 58.4 Å². The number of aromatic nitrogens is 2. The second kappa shape index (κ2) is 9.51. The molecule has 1 aromatic heterocycles. The van der Waals surface area contributed by atoms with Crippen LogP contribution in [0, 0.1) is 0 Å². The van der Waals surface area contributed by atoms with Crippen LogP contribution in [0.3, 0.4) is 0 Å². The molecule has 31 heavy (non-hydrogen) atoms. The SMILES string of the molecule is CCOc1ccc(CN2CC(c3nc(-c4cccc(Br)c4)no3)CC2=O)cc1OCC. The molecule has 7 nitrogen and oxygen atoms in total. The zero-order chi connectivity index (χ0) is 21.8. The van der Waals surface area contributed by atoms with E-state index in [1.165, 1.54) is 0 Å². The van der Waals surface area contributed by atoms with E-state index < -0.39 is 0 Å². The molecular formula is C23H24BrN3O4. The molecule has 0 N–H and O–H groups in total. The van der Waals surface area contributed by atoms with Crippen LogP contribution in [0.5, 0.6) is 11.5 Å². The predicted octanol–water partition coefficient (Wildman–Crippen LogP) is 4.81. The van der Waals surface area contributed by atoms with Crippen LogP contribution in [0.4, 0.5) is 0 Å². The van der Waals surface area contributed by atoms with Gasteiger partial charge in [0.15, 0.2) is 11.5 Å². The lowest BCUT2D eigenvalue weighted by Crippen LogP contribution is -2.24. The lowest BCUT2D eigenvalue weighted by Gasteiger charge is -2.18. The fourth-order valence-electron chi connectivity index (χ4n) is 3.65. The highest BCUT2D eigenvalue weighted by atomic mass is 79.9. The minimum absolute atomic E-state index is 0.0686. The zero-order valence-corrected chi connectivity index (χ0v) is 19.1. The number of ether oxygens (including phenoxy) is 2. The van der Waals surface area contributed by atoms with Crippen LogP contribution >= 0.6 is 15.9 Å². The van der Waals surface area contributed by atoms with Gasteiger partial charge in [0, 0.05) is 29.5 Å². The van der Waals surface area contributed by atoms with Gasteiger partial charge in [-0.25, -0.2) is 0 Å². The maximum Gasteiger partial charge on any atom is 0.232 e. The van der Waals surface area contributed by atoms with Crippen molar-refractivity contribution in [1.82, 2.24) is 15.0 Å². The van der Waals surface area contributed by atoms with Gasteiger partial charge in [0.2, 0.25) is 17.6 Å². The Kier molecular flexibility index (Phi) is 6.56. The number of benzene rings is 2. The third kappa shape index (κ3) is 4.90. The summed E-state index contributed by atoms with van der Waals surface area (Å²) in [6.07, 6.45) is 0.357. The van der Waals surface area contributed by atoms with Gasteiger partial charge in [-0.3, -0.25) is 4.79 Å². The van der Waals surface area contributed by atoms with Crippen LogP contribution in [-0.2, 0) is 11.3 Å². The van der Waals surface area contributed by atoms with E-state index in [1.807, 2.05) is 61.2 Å². The van der Waals surface area contributed by atoms with Crippen molar-refractivity contribution in [3.8, 4) is 22.9 Å². The van der Waals surface area contributed by atoms with Crippen molar-refractivity contribution >= 4 is 21.8 Å². The van der Waals surface area contributed by atoms with Crippen molar-refractivity contribution < 1.29 is 18.8 Å². The Balaban J connectivity index is 1.46. The minimum Gasteiger partial charge on any atom is -0.490 e. The summed E-state index contributed by atoms with van der Waals surface area (Å²) in [5, 5.41) is 4.10. The van der Waals surface area contributed by atoms with E-state index in [-0.39, 0.29) is 11.8 Å².